The SMILES string of the molecule is COC(=O)[C@H](CCCCNC(=O)OCc1ccccc1)NC(=O)[C@H](Cc1ccccc1)NC(=O)CCCc1ccc2ccc3cccc4ccc1c2c34. The van der Waals surface area contributed by atoms with Crippen molar-refractivity contribution in [3.05, 3.63) is 132 Å². The first-order chi connectivity index (χ1) is 25.9. The number of amides is 3. The molecule has 2 atom stereocenters. The molecule has 0 fully saturated rings. The van der Waals surface area contributed by atoms with Gasteiger partial charge in [-0.25, -0.2) is 9.59 Å². The number of esters is 1. The van der Waals surface area contributed by atoms with Gasteiger partial charge in [-0.2, -0.15) is 0 Å². The predicted molar refractivity (Wildman–Crippen MR) is 208 cm³/mol. The fourth-order valence-corrected chi connectivity index (χ4v) is 6.88. The van der Waals surface area contributed by atoms with Crippen LogP contribution in [-0.2, 0) is 43.3 Å². The first-order valence-electron chi connectivity index (χ1n) is 18.2. The van der Waals surface area contributed by atoms with Gasteiger partial charge in [0.2, 0.25) is 11.8 Å². The summed E-state index contributed by atoms with van der Waals surface area (Å²) in [6, 6.07) is 36.4. The Morgan fingerprint density at radius 1 is 0.642 bits per heavy atom. The summed E-state index contributed by atoms with van der Waals surface area (Å²) in [6.45, 7) is 0.516. The van der Waals surface area contributed by atoms with Crippen LogP contribution in [0, 0.1) is 0 Å². The van der Waals surface area contributed by atoms with E-state index in [-0.39, 0.29) is 25.4 Å². The van der Waals surface area contributed by atoms with E-state index in [2.05, 4.69) is 70.5 Å². The van der Waals surface area contributed by atoms with E-state index in [1.54, 1.807) is 0 Å². The van der Waals surface area contributed by atoms with Crippen molar-refractivity contribution in [1.82, 2.24) is 16.0 Å². The van der Waals surface area contributed by atoms with Crippen molar-refractivity contribution in [3.63, 3.8) is 0 Å². The number of hydrogen-bond donors (Lipinski definition) is 3. The first kappa shape index (κ1) is 36.8. The lowest BCUT2D eigenvalue weighted by atomic mass is 9.90. The van der Waals surface area contributed by atoms with Crippen molar-refractivity contribution in [2.24, 2.45) is 0 Å². The summed E-state index contributed by atoms with van der Waals surface area (Å²) >= 11 is 0. The lowest BCUT2D eigenvalue weighted by Crippen LogP contribution is -2.52. The van der Waals surface area contributed by atoms with Gasteiger partial charge in [0, 0.05) is 19.4 Å². The molecule has 6 rings (SSSR count). The van der Waals surface area contributed by atoms with Crippen LogP contribution in [0.3, 0.4) is 0 Å². The molecular weight excluding hydrogens is 666 g/mol. The average molecular weight is 712 g/mol. The van der Waals surface area contributed by atoms with E-state index >= 15 is 0 Å². The molecule has 9 heteroatoms. The third kappa shape index (κ3) is 9.68. The van der Waals surface area contributed by atoms with Gasteiger partial charge in [-0.1, -0.05) is 115 Å². The number of carbonyl (C=O) groups excluding carboxylic acids is 4. The molecule has 53 heavy (non-hydrogen) atoms. The number of methoxy groups -OCH3 is 1. The second-order valence-electron chi connectivity index (χ2n) is 13.3. The molecule has 3 amide bonds. The number of alkyl carbamates (subject to hydrolysis) is 1. The number of unbranched alkanes of at least 4 members (excludes halogenated alkanes) is 1. The molecule has 6 aromatic carbocycles. The van der Waals surface area contributed by atoms with Crippen molar-refractivity contribution in [2.75, 3.05) is 13.7 Å². The van der Waals surface area contributed by atoms with Gasteiger partial charge in [-0.05, 0) is 81.1 Å². The Balaban J connectivity index is 1.03. The zero-order chi connectivity index (χ0) is 37.0. The maximum absolute atomic E-state index is 13.7. The average Bonchev–Trinajstić information content (AvgIpc) is 3.19. The van der Waals surface area contributed by atoms with Gasteiger partial charge in [0.1, 0.15) is 18.7 Å². The molecule has 272 valence electrons. The van der Waals surface area contributed by atoms with Crippen LogP contribution in [-0.4, -0.2) is 49.6 Å². The highest BCUT2D eigenvalue weighted by molar-refractivity contribution is 6.23. The summed E-state index contributed by atoms with van der Waals surface area (Å²) in [4.78, 5) is 51.8. The molecule has 0 aromatic heterocycles. The lowest BCUT2D eigenvalue weighted by molar-refractivity contribution is -0.145. The van der Waals surface area contributed by atoms with E-state index in [0.717, 1.165) is 11.1 Å². The highest BCUT2D eigenvalue weighted by Crippen LogP contribution is 2.36. The van der Waals surface area contributed by atoms with E-state index in [0.29, 0.717) is 38.6 Å². The largest absolute Gasteiger partial charge is 0.467 e. The van der Waals surface area contributed by atoms with Crippen LogP contribution in [0.5, 0.6) is 0 Å². The van der Waals surface area contributed by atoms with Gasteiger partial charge in [-0.15, -0.1) is 0 Å². The quantitative estimate of drug-likeness (QED) is 0.0516. The molecule has 0 heterocycles. The van der Waals surface area contributed by atoms with E-state index < -0.39 is 30.1 Å². The van der Waals surface area contributed by atoms with Gasteiger partial charge >= 0.3 is 12.1 Å². The summed E-state index contributed by atoms with van der Waals surface area (Å²) < 4.78 is 10.2. The third-order valence-corrected chi connectivity index (χ3v) is 9.61. The number of carbonyl (C=O) groups is 4. The smallest absolute Gasteiger partial charge is 0.407 e. The minimum Gasteiger partial charge on any atom is -0.467 e. The predicted octanol–water partition coefficient (Wildman–Crippen LogP) is 7.39. The molecule has 0 aliphatic carbocycles. The van der Waals surface area contributed by atoms with Crippen LogP contribution in [0.4, 0.5) is 4.79 Å². The number of nitrogens with one attached hydrogen (secondary N) is 3. The fraction of sp³-hybridized carbons (Fsp3) is 0.273. The van der Waals surface area contributed by atoms with Gasteiger partial charge in [-0.3, -0.25) is 9.59 Å². The summed E-state index contributed by atoms with van der Waals surface area (Å²) in [5.41, 5.74) is 2.95. The minimum absolute atomic E-state index is 0.172. The molecule has 0 radical (unpaired) electrons. The summed E-state index contributed by atoms with van der Waals surface area (Å²) in [5.74, 6) is -1.28. The number of rotatable bonds is 17. The molecule has 6 aromatic rings. The number of aryl methyl sites for hydroxylation is 1. The van der Waals surface area contributed by atoms with Crippen LogP contribution >= 0.6 is 0 Å². The Morgan fingerprint density at radius 3 is 2.02 bits per heavy atom. The Bertz CT molecular complexity index is 2140. The van der Waals surface area contributed by atoms with Gasteiger partial charge in [0.25, 0.3) is 0 Å². The highest BCUT2D eigenvalue weighted by Gasteiger charge is 2.27. The van der Waals surface area contributed by atoms with Crippen LogP contribution in [0.1, 0.15) is 48.8 Å². The number of ether oxygens (including phenoxy) is 2. The minimum atomic E-state index is -0.915. The summed E-state index contributed by atoms with van der Waals surface area (Å²) in [6.07, 6.45) is 2.66. The van der Waals surface area contributed by atoms with Gasteiger partial charge in [0.15, 0.2) is 0 Å². The molecule has 9 nitrogen and oxygen atoms in total. The zero-order valence-electron chi connectivity index (χ0n) is 29.9. The van der Waals surface area contributed by atoms with E-state index in [1.165, 1.54) is 45.0 Å². The van der Waals surface area contributed by atoms with Crippen molar-refractivity contribution in [3.8, 4) is 0 Å². The van der Waals surface area contributed by atoms with E-state index in [9.17, 15) is 19.2 Å². The monoisotopic (exact) mass is 711 g/mol. The Morgan fingerprint density at radius 2 is 1.30 bits per heavy atom. The zero-order valence-corrected chi connectivity index (χ0v) is 29.9. The van der Waals surface area contributed by atoms with Crippen LogP contribution in [0.25, 0.3) is 32.3 Å². The topological polar surface area (TPSA) is 123 Å². The molecule has 0 spiro atoms. The number of benzene rings is 6. The highest BCUT2D eigenvalue weighted by atomic mass is 16.5. The Hall–Kier alpha value is -5.96. The molecule has 0 saturated carbocycles. The third-order valence-electron chi connectivity index (χ3n) is 9.61. The molecule has 0 aliphatic rings. The summed E-state index contributed by atoms with van der Waals surface area (Å²) in [7, 11) is 1.27. The van der Waals surface area contributed by atoms with Crippen LogP contribution < -0.4 is 16.0 Å². The lowest BCUT2D eigenvalue weighted by Gasteiger charge is -2.22. The van der Waals surface area contributed by atoms with Gasteiger partial charge < -0.3 is 25.4 Å². The maximum atomic E-state index is 13.7. The van der Waals surface area contributed by atoms with Crippen molar-refractivity contribution >= 4 is 56.2 Å². The van der Waals surface area contributed by atoms with Gasteiger partial charge in [0.05, 0.1) is 7.11 Å². The molecule has 0 unspecified atom stereocenters. The summed E-state index contributed by atoms with van der Waals surface area (Å²) in [5, 5.41) is 15.8. The molecule has 0 aliphatic heterocycles. The molecule has 0 bridgehead atoms. The molecule has 0 saturated heterocycles. The number of hydrogen-bond acceptors (Lipinski definition) is 6. The van der Waals surface area contributed by atoms with E-state index in [1.807, 2.05) is 60.7 Å². The molecular formula is C44H45N3O6. The fourth-order valence-electron chi connectivity index (χ4n) is 6.88. The first-order valence-corrected chi connectivity index (χ1v) is 18.2. The van der Waals surface area contributed by atoms with Crippen LogP contribution in [0.2, 0.25) is 0 Å². The normalized spacial score (nSPS) is 12.3. The van der Waals surface area contributed by atoms with Crippen molar-refractivity contribution in [2.45, 2.75) is 63.6 Å². The molecule has 3 N–H and O–H groups in total. The van der Waals surface area contributed by atoms with Crippen LogP contribution in [0.15, 0.2) is 115 Å². The van der Waals surface area contributed by atoms with Crippen molar-refractivity contribution < 1.29 is 28.7 Å². The van der Waals surface area contributed by atoms with Crippen molar-refractivity contribution in [1.29, 1.82) is 0 Å². The standard InChI is InChI=1S/C44H45N3O6/c1-52-43(50)37(19-8-9-27-45-44(51)53-29-31-14-6-3-7-15-31)47-42(49)38(28-30-12-4-2-5-13-30)46-39(48)20-11-16-32-21-22-35-24-23-33-17-10-18-34-25-26-36(32)41(35)40(33)34/h2-7,10,12-15,17-18,21-26,37-38H,8-9,11,16,19-20,27-29H2,1H3,(H,45,51)(H,46,48)(H,47,49)/t37-,38-/m0/s1. The second kappa shape index (κ2) is 18.0. The maximum Gasteiger partial charge on any atom is 0.407 e. The second-order valence-corrected chi connectivity index (χ2v) is 13.3. The Kier molecular flexibility index (Phi) is 12.5. The Labute approximate surface area is 309 Å². The van der Waals surface area contributed by atoms with E-state index in [4.69, 9.17) is 9.47 Å².